The Hall–Kier alpha value is -1.16. The first-order valence-electron chi connectivity index (χ1n) is 4.99. The maximum Gasteiger partial charge on any atom is 0.338 e. The average molecular weight is 223 g/mol. The lowest BCUT2D eigenvalue weighted by Crippen LogP contribution is -2.11. The number of ether oxygens (including phenoxy) is 1. The van der Waals surface area contributed by atoms with Crippen LogP contribution < -0.4 is 5.32 Å². The topological polar surface area (TPSA) is 38.3 Å². The Morgan fingerprint density at radius 2 is 2.47 bits per heavy atom. The van der Waals surface area contributed by atoms with Gasteiger partial charge in [0.05, 0.1) is 12.2 Å². The van der Waals surface area contributed by atoms with Gasteiger partial charge in [0, 0.05) is 22.9 Å². The molecule has 0 unspecified atom stereocenters. The molecule has 0 bridgehead atoms. The van der Waals surface area contributed by atoms with Crippen LogP contribution in [0.3, 0.4) is 0 Å². The minimum atomic E-state index is -0.244. The van der Waals surface area contributed by atoms with Crippen molar-refractivity contribution in [2.24, 2.45) is 0 Å². The molecule has 3 nitrogen and oxygen atoms in total. The van der Waals surface area contributed by atoms with Gasteiger partial charge in [-0.15, -0.1) is 11.8 Å². The number of nitrogens with one attached hydrogen (secondary N) is 1. The molecule has 0 aliphatic carbocycles. The van der Waals surface area contributed by atoms with Crippen LogP contribution in [-0.2, 0) is 4.74 Å². The summed E-state index contributed by atoms with van der Waals surface area (Å²) in [6, 6.07) is 5.63. The summed E-state index contributed by atoms with van der Waals surface area (Å²) >= 11 is 1.77. The molecule has 80 valence electrons. The van der Waals surface area contributed by atoms with Crippen molar-refractivity contribution in [2.75, 3.05) is 24.2 Å². The van der Waals surface area contributed by atoms with Crippen LogP contribution in [-0.4, -0.2) is 24.9 Å². The van der Waals surface area contributed by atoms with E-state index in [1.165, 1.54) is 0 Å². The van der Waals surface area contributed by atoms with E-state index in [0.717, 1.165) is 22.9 Å². The second-order valence-electron chi connectivity index (χ2n) is 3.21. The van der Waals surface area contributed by atoms with Crippen molar-refractivity contribution in [3.8, 4) is 0 Å². The first kappa shape index (κ1) is 10.4. The maximum atomic E-state index is 11.5. The molecule has 2 rings (SSSR count). The number of benzene rings is 1. The van der Waals surface area contributed by atoms with E-state index < -0.39 is 0 Å². The number of hydrogen-bond acceptors (Lipinski definition) is 4. The van der Waals surface area contributed by atoms with Crippen molar-refractivity contribution in [3.63, 3.8) is 0 Å². The standard InChI is InChI=1S/C11H13NO2S/c1-2-14-11(13)8-3-4-9-10(7-8)15-6-5-12-9/h3-4,7,12H,2,5-6H2,1H3. The number of anilines is 1. The zero-order valence-corrected chi connectivity index (χ0v) is 9.39. The van der Waals surface area contributed by atoms with Gasteiger partial charge >= 0.3 is 5.97 Å². The summed E-state index contributed by atoms with van der Waals surface area (Å²) in [4.78, 5) is 12.6. The van der Waals surface area contributed by atoms with E-state index in [0.29, 0.717) is 12.2 Å². The van der Waals surface area contributed by atoms with Crippen LogP contribution >= 0.6 is 11.8 Å². The second-order valence-corrected chi connectivity index (χ2v) is 4.34. The van der Waals surface area contributed by atoms with E-state index in [2.05, 4.69) is 5.32 Å². The lowest BCUT2D eigenvalue weighted by Gasteiger charge is -2.17. The normalized spacial score (nSPS) is 13.9. The van der Waals surface area contributed by atoms with Gasteiger partial charge in [-0.1, -0.05) is 0 Å². The predicted molar refractivity (Wildman–Crippen MR) is 61.6 cm³/mol. The van der Waals surface area contributed by atoms with Gasteiger partial charge in [-0.3, -0.25) is 0 Å². The first-order valence-corrected chi connectivity index (χ1v) is 5.97. The minimum Gasteiger partial charge on any atom is -0.462 e. The molecule has 0 aromatic heterocycles. The predicted octanol–water partition coefficient (Wildman–Crippen LogP) is 2.38. The van der Waals surface area contributed by atoms with Gasteiger partial charge in [0.1, 0.15) is 0 Å². The summed E-state index contributed by atoms with van der Waals surface area (Å²) in [6.07, 6.45) is 0. The first-order chi connectivity index (χ1) is 7.31. The van der Waals surface area contributed by atoms with Crippen molar-refractivity contribution in [3.05, 3.63) is 23.8 Å². The lowest BCUT2D eigenvalue weighted by molar-refractivity contribution is 0.0526. The van der Waals surface area contributed by atoms with E-state index in [9.17, 15) is 4.79 Å². The zero-order valence-electron chi connectivity index (χ0n) is 8.58. The third-order valence-corrected chi connectivity index (χ3v) is 3.22. The van der Waals surface area contributed by atoms with E-state index >= 15 is 0 Å². The number of carbonyl (C=O) groups is 1. The molecule has 0 amide bonds. The summed E-state index contributed by atoms with van der Waals surface area (Å²) in [5.74, 6) is 0.797. The molecule has 4 heteroatoms. The van der Waals surface area contributed by atoms with E-state index in [1.807, 2.05) is 19.1 Å². The molecule has 1 aromatic rings. The van der Waals surface area contributed by atoms with Gasteiger partial charge in [0.2, 0.25) is 0 Å². The third kappa shape index (κ3) is 2.26. The number of hydrogen-bond donors (Lipinski definition) is 1. The average Bonchev–Trinajstić information content (AvgIpc) is 2.29. The van der Waals surface area contributed by atoms with Crippen molar-refractivity contribution in [2.45, 2.75) is 11.8 Å². The Morgan fingerprint density at radius 3 is 3.27 bits per heavy atom. The van der Waals surface area contributed by atoms with Crippen LogP contribution in [0.4, 0.5) is 5.69 Å². The van der Waals surface area contributed by atoms with E-state index in [-0.39, 0.29) is 5.97 Å². The molecule has 1 heterocycles. The molecule has 0 fully saturated rings. The fourth-order valence-corrected chi connectivity index (χ4v) is 2.41. The largest absolute Gasteiger partial charge is 0.462 e. The summed E-state index contributed by atoms with van der Waals surface area (Å²) in [6.45, 7) is 3.21. The highest BCUT2D eigenvalue weighted by Gasteiger charge is 2.13. The Kier molecular flexibility index (Phi) is 3.16. The molecule has 0 saturated carbocycles. The summed E-state index contributed by atoms with van der Waals surface area (Å²) in [5.41, 5.74) is 1.74. The molecule has 1 N–H and O–H groups in total. The highest BCUT2D eigenvalue weighted by molar-refractivity contribution is 7.99. The number of carbonyl (C=O) groups excluding carboxylic acids is 1. The van der Waals surface area contributed by atoms with Crippen LogP contribution in [0.15, 0.2) is 23.1 Å². The van der Waals surface area contributed by atoms with E-state index in [1.54, 1.807) is 17.8 Å². The monoisotopic (exact) mass is 223 g/mol. The highest BCUT2D eigenvalue weighted by Crippen LogP contribution is 2.31. The molecule has 1 aliphatic rings. The van der Waals surface area contributed by atoms with Gasteiger partial charge in [0.15, 0.2) is 0 Å². The number of esters is 1. The Morgan fingerprint density at radius 1 is 1.60 bits per heavy atom. The maximum absolute atomic E-state index is 11.5. The zero-order chi connectivity index (χ0) is 10.7. The van der Waals surface area contributed by atoms with Crippen molar-refractivity contribution < 1.29 is 9.53 Å². The molecule has 1 aromatic carbocycles. The SMILES string of the molecule is CCOC(=O)c1ccc2c(c1)SCCN2. The van der Waals surface area contributed by atoms with Crippen LogP contribution in [0, 0.1) is 0 Å². The molecule has 0 saturated heterocycles. The summed E-state index contributed by atoms with van der Waals surface area (Å²) in [7, 11) is 0. The Bertz CT molecular complexity index is 379. The van der Waals surface area contributed by atoms with Crippen molar-refractivity contribution in [1.29, 1.82) is 0 Å². The number of fused-ring (bicyclic) bond motifs is 1. The minimum absolute atomic E-state index is 0.244. The molecule has 0 radical (unpaired) electrons. The van der Waals surface area contributed by atoms with Crippen LogP contribution in [0.25, 0.3) is 0 Å². The fourth-order valence-electron chi connectivity index (χ4n) is 1.48. The molecular weight excluding hydrogens is 210 g/mol. The van der Waals surface area contributed by atoms with Crippen LogP contribution in [0.1, 0.15) is 17.3 Å². The Labute approximate surface area is 93.2 Å². The second kappa shape index (κ2) is 4.57. The molecule has 0 spiro atoms. The third-order valence-electron chi connectivity index (χ3n) is 2.17. The fraction of sp³-hybridized carbons (Fsp3) is 0.364. The van der Waals surface area contributed by atoms with Gasteiger partial charge in [0.25, 0.3) is 0 Å². The number of thioether (sulfide) groups is 1. The van der Waals surface area contributed by atoms with E-state index in [4.69, 9.17) is 4.74 Å². The van der Waals surface area contributed by atoms with Crippen molar-refractivity contribution in [1.82, 2.24) is 0 Å². The van der Waals surface area contributed by atoms with Crippen molar-refractivity contribution >= 4 is 23.4 Å². The lowest BCUT2D eigenvalue weighted by atomic mass is 10.2. The Balaban J connectivity index is 2.24. The number of rotatable bonds is 2. The van der Waals surface area contributed by atoms with Gasteiger partial charge < -0.3 is 10.1 Å². The van der Waals surface area contributed by atoms with Crippen LogP contribution in [0.5, 0.6) is 0 Å². The summed E-state index contributed by atoms with van der Waals surface area (Å²) in [5, 5.41) is 3.29. The van der Waals surface area contributed by atoms with Gasteiger partial charge in [-0.2, -0.15) is 0 Å². The quantitative estimate of drug-likeness (QED) is 0.781. The molecule has 1 aliphatic heterocycles. The smallest absolute Gasteiger partial charge is 0.338 e. The molecule has 15 heavy (non-hydrogen) atoms. The summed E-state index contributed by atoms with van der Waals surface area (Å²) < 4.78 is 4.95. The molecule has 0 atom stereocenters. The van der Waals surface area contributed by atoms with Crippen LogP contribution in [0.2, 0.25) is 0 Å². The van der Waals surface area contributed by atoms with Gasteiger partial charge in [-0.05, 0) is 25.1 Å². The highest BCUT2D eigenvalue weighted by atomic mass is 32.2. The molecular formula is C11H13NO2S. The van der Waals surface area contributed by atoms with Gasteiger partial charge in [-0.25, -0.2) is 4.79 Å².